The van der Waals surface area contributed by atoms with E-state index in [9.17, 15) is 16.8 Å². The highest BCUT2D eigenvalue weighted by molar-refractivity contribution is 7.94. The molecule has 0 radical (unpaired) electrons. The van der Waals surface area contributed by atoms with Crippen LogP contribution in [0.25, 0.3) is 31.2 Å². The van der Waals surface area contributed by atoms with Gasteiger partial charge in [-0.05, 0) is 59.3 Å². The molecule has 2 N–H and O–H groups in total. The summed E-state index contributed by atoms with van der Waals surface area (Å²) in [4.78, 5) is 7.94. The first-order valence-electron chi connectivity index (χ1n) is 13.9. The van der Waals surface area contributed by atoms with Crippen molar-refractivity contribution in [3.63, 3.8) is 0 Å². The van der Waals surface area contributed by atoms with Gasteiger partial charge in [-0.2, -0.15) is 0 Å². The number of rotatable bonds is 5. The summed E-state index contributed by atoms with van der Waals surface area (Å²) in [5.41, 5.74) is 5.55. The van der Waals surface area contributed by atoms with Crippen LogP contribution in [0.5, 0.6) is 0 Å². The Morgan fingerprint density at radius 3 is 1.46 bits per heavy atom. The number of nitrogens with zero attached hydrogens (tertiary/aromatic N) is 2. The number of nitrogens with two attached hydrogens (primary N) is 1. The van der Waals surface area contributed by atoms with E-state index in [0.29, 0.717) is 35.4 Å². The fraction of sp³-hybridized carbons (Fsp3) is 0.0286. The predicted octanol–water partition coefficient (Wildman–Crippen LogP) is 10.4. The average molecular weight is 746 g/mol. The summed E-state index contributed by atoms with van der Waals surface area (Å²) < 4.78 is 52.1. The third kappa shape index (κ3) is 7.67. The minimum Gasteiger partial charge on any atom is -0.326 e. The lowest BCUT2D eigenvalue weighted by molar-refractivity contribution is 0.597. The molecule has 240 valence electrons. The van der Waals surface area contributed by atoms with Gasteiger partial charge in [0.25, 0.3) is 0 Å². The van der Waals surface area contributed by atoms with Crippen LogP contribution >= 0.6 is 45.6 Å². The maximum absolute atomic E-state index is 12.7. The number of hydrogen-bond acceptors (Lipinski definition) is 8. The van der Waals surface area contributed by atoms with Gasteiger partial charge in [-0.3, -0.25) is 0 Å². The SMILES string of the molecule is NCc1ccc(S(=O)(=O)c2cccc3ccccc23)s1.[C-]#[N+]c1ccc(Cl)s1.[C-]#[N+]c1ccc(S(=O)(=O)c2cccc3ccccc23)s1. The molecular weight excluding hydrogens is 722 g/mol. The number of hydrogen-bond donors (Lipinski definition) is 1. The highest BCUT2D eigenvalue weighted by Gasteiger charge is 2.23. The van der Waals surface area contributed by atoms with Crippen molar-refractivity contribution in [1.82, 2.24) is 0 Å². The molecule has 7 rings (SSSR count). The highest BCUT2D eigenvalue weighted by atomic mass is 35.5. The molecule has 0 spiro atoms. The minimum absolute atomic E-state index is 0.208. The molecule has 48 heavy (non-hydrogen) atoms. The van der Waals surface area contributed by atoms with E-state index < -0.39 is 19.7 Å². The van der Waals surface area contributed by atoms with Crippen molar-refractivity contribution in [2.45, 2.75) is 24.8 Å². The van der Waals surface area contributed by atoms with Gasteiger partial charge in [-0.15, -0.1) is 34.0 Å². The molecule has 7 nitrogen and oxygen atoms in total. The molecule has 0 bridgehead atoms. The molecule has 0 unspecified atom stereocenters. The molecule has 0 amide bonds. The predicted molar refractivity (Wildman–Crippen MR) is 197 cm³/mol. The summed E-state index contributed by atoms with van der Waals surface area (Å²) in [5, 5.41) is 4.28. The smallest absolute Gasteiger partial charge is 0.242 e. The Morgan fingerprint density at radius 2 is 1.02 bits per heavy atom. The Hall–Kier alpha value is -4.37. The van der Waals surface area contributed by atoms with E-state index in [1.807, 2.05) is 54.6 Å². The summed E-state index contributed by atoms with van der Waals surface area (Å²) in [6.07, 6.45) is 0. The van der Waals surface area contributed by atoms with Crippen LogP contribution < -0.4 is 5.73 Å². The molecule has 4 aromatic carbocycles. The zero-order chi connectivity index (χ0) is 34.3. The van der Waals surface area contributed by atoms with Crippen molar-refractivity contribution < 1.29 is 16.8 Å². The number of halogens is 1. The van der Waals surface area contributed by atoms with E-state index in [1.54, 1.807) is 54.6 Å². The van der Waals surface area contributed by atoms with Crippen LogP contribution in [0.1, 0.15) is 4.88 Å². The van der Waals surface area contributed by atoms with Crippen LogP contribution in [0, 0.1) is 13.1 Å². The molecule has 0 saturated carbocycles. The van der Waals surface area contributed by atoms with Gasteiger partial charge in [0.15, 0.2) is 0 Å². The largest absolute Gasteiger partial charge is 0.326 e. The van der Waals surface area contributed by atoms with Crippen molar-refractivity contribution in [3.05, 3.63) is 153 Å². The number of sulfone groups is 2. The molecule has 0 fully saturated rings. The quantitative estimate of drug-likeness (QED) is 0.177. The first-order valence-corrected chi connectivity index (χ1v) is 19.7. The van der Waals surface area contributed by atoms with Crippen LogP contribution in [0.15, 0.2) is 140 Å². The first kappa shape index (κ1) is 35.0. The number of fused-ring (bicyclic) bond motifs is 2. The molecule has 13 heteroatoms. The minimum atomic E-state index is -3.58. The zero-order valence-electron chi connectivity index (χ0n) is 24.8. The molecule has 3 heterocycles. The van der Waals surface area contributed by atoms with Gasteiger partial charge in [-0.1, -0.05) is 84.4 Å². The molecule has 0 atom stereocenters. The van der Waals surface area contributed by atoms with Gasteiger partial charge in [0.05, 0.1) is 27.3 Å². The molecule has 0 saturated heterocycles. The van der Waals surface area contributed by atoms with Crippen molar-refractivity contribution in [2.75, 3.05) is 0 Å². The van der Waals surface area contributed by atoms with Crippen LogP contribution in [-0.2, 0) is 26.2 Å². The van der Waals surface area contributed by atoms with Crippen molar-refractivity contribution in [2.24, 2.45) is 5.73 Å². The molecule has 3 aromatic heterocycles. The second-order valence-electron chi connectivity index (χ2n) is 9.78. The van der Waals surface area contributed by atoms with Crippen molar-refractivity contribution >= 4 is 96.8 Å². The molecule has 7 aromatic rings. The summed E-state index contributed by atoms with van der Waals surface area (Å²) in [6.45, 7) is 13.8. The zero-order valence-corrected chi connectivity index (χ0v) is 29.6. The van der Waals surface area contributed by atoms with E-state index in [2.05, 4.69) is 9.69 Å². The standard InChI is InChI=1S/C15H9NO2S2.C15H13NO2S2.C5H2ClNS/c1-16-14-9-10-15(19-14)20(17,18)13-8-4-6-11-5-2-3-7-12(11)13;16-10-12-8-9-15(19-12)20(17,18)14-7-3-5-11-4-1-2-6-13(11)14;1-7-5-3-2-4(6)8-5/h2-10H;1-9H,10,16H2;2-3H. The lowest BCUT2D eigenvalue weighted by Gasteiger charge is -2.06. The van der Waals surface area contributed by atoms with Gasteiger partial charge >= 0.3 is 0 Å². The number of thiophene rings is 3. The summed E-state index contributed by atoms with van der Waals surface area (Å²) in [5.74, 6) is 0. The Kier molecular flexibility index (Phi) is 11.1. The molecule has 0 aliphatic rings. The second-order valence-corrected chi connectivity index (χ2v) is 18.0. The Labute approximate surface area is 295 Å². The lowest BCUT2D eigenvalue weighted by Crippen LogP contribution is -2.00. The Bertz CT molecular complexity index is 2530. The van der Waals surface area contributed by atoms with Crippen LogP contribution in [0.3, 0.4) is 0 Å². The van der Waals surface area contributed by atoms with Crippen molar-refractivity contribution in [1.29, 1.82) is 0 Å². The van der Waals surface area contributed by atoms with Crippen LogP contribution in [0.2, 0.25) is 4.34 Å². The van der Waals surface area contributed by atoms with Gasteiger partial charge in [-0.25, -0.2) is 26.5 Å². The summed E-state index contributed by atoms with van der Waals surface area (Å²) in [6, 6.07) is 35.3. The Balaban J connectivity index is 0.000000154. The second kappa shape index (κ2) is 15.2. The van der Waals surface area contributed by atoms with Gasteiger partial charge in [0.1, 0.15) is 8.42 Å². The van der Waals surface area contributed by atoms with Crippen LogP contribution in [-0.4, -0.2) is 16.8 Å². The fourth-order valence-corrected chi connectivity index (χ4v) is 10.9. The fourth-order valence-electron chi connectivity index (χ4n) is 4.57. The summed E-state index contributed by atoms with van der Waals surface area (Å²) >= 11 is 9.04. The van der Waals surface area contributed by atoms with E-state index in [4.69, 9.17) is 30.5 Å². The van der Waals surface area contributed by atoms with Crippen molar-refractivity contribution in [3.8, 4) is 0 Å². The molecule has 0 aliphatic carbocycles. The normalized spacial score (nSPS) is 11.1. The van der Waals surface area contributed by atoms with Gasteiger partial charge < -0.3 is 5.73 Å². The Morgan fingerprint density at radius 1 is 0.562 bits per heavy atom. The average Bonchev–Trinajstić information content (AvgIpc) is 3.90. The van der Waals surface area contributed by atoms with E-state index in [-0.39, 0.29) is 9.10 Å². The number of benzene rings is 4. The van der Waals surface area contributed by atoms with E-state index in [0.717, 1.165) is 32.4 Å². The van der Waals surface area contributed by atoms with Gasteiger partial charge in [0.2, 0.25) is 29.7 Å². The van der Waals surface area contributed by atoms with E-state index in [1.165, 1.54) is 34.8 Å². The van der Waals surface area contributed by atoms with Crippen LogP contribution in [0.4, 0.5) is 10.0 Å². The topological polar surface area (TPSA) is 103 Å². The maximum atomic E-state index is 12.7. The van der Waals surface area contributed by atoms with Gasteiger partial charge in [0, 0.05) is 22.2 Å². The van der Waals surface area contributed by atoms with E-state index >= 15 is 0 Å². The molecule has 0 aliphatic heterocycles. The summed E-state index contributed by atoms with van der Waals surface area (Å²) in [7, 11) is -7.07. The first-order chi connectivity index (χ1) is 23.1. The lowest BCUT2D eigenvalue weighted by atomic mass is 10.1. The molecular formula is C35H24ClN3O4S5. The maximum Gasteiger partial charge on any atom is 0.242 e. The highest BCUT2D eigenvalue weighted by Crippen LogP contribution is 2.35. The monoisotopic (exact) mass is 745 g/mol. The third-order valence-electron chi connectivity index (χ3n) is 6.79. The third-order valence-corrected chi connectivity index (χ3v) is 14.6.